The zero-order valence-corrected chi connectivity index (χ0v) is 16.5. The van der Waals surface area contributed by atoms with Gasteiger partial charge in [0, 0.05) is 53.9 Å². The zero-order chi connectivity index (χ0) is 18.7. The van der Waals surface area contributed by atoms with Crippen LogP contribution in [-0.2, 0) is 6.54 Å². The van der Waals surface area contributed by atoms with Crippen LogP contribution in [0.15, 0.2) is 36.4 Å². The third-order valence-corrected chi connectivity index (χ3v) is 5.39. The highest BCUT2D eigenvalue weighted by Gasteiger charge is 2.24. The van der Waals surface area contributed by atoms with Crippen LogP contribution in [0.25, 0.3) is 0 Å². The fraction of sp³-hybridized carbons (Fsp3) is 0.350. The molecular weight excluding hydrogens is 371 g/mol. The maximum absolute atomic E-state index is 12.9. The minimum absolute atomic E-state index is 0.0607. The molecule has 6 heteroatoms. The van der Waals surface area contributed by atoms with Crippen molar-refractivity contribution in [1.29, 1.82) is 0 Å². The maximum Gasteiger partial charge on any atom is 0.254 e. The van der Waals surface area contributed by atoms with Crippen LogP contribution in [0.5, 0.6) is 5.75 Å². The lowest BCUT2D eigenvalue weighted by molar-refractivity contribution is 0.0627. The molecule has 0 N–H and O–H groups in total. The number of benzene rings is 2. The lowest BCUT2D eigenvalue weighted by atomic mass is 10.1. The van der Waals surface area contributed by atoms with Gasteiger partial charge in [-0.25, -0.2) is 0 Å². The Bertz CT molecular complexity index is 802. The molecule has 0 saturated carbocycles. The third kappa shape index (κ3) is 4.14. The predicted octanol–water partition coefficient (Wildman–Crippen LogP) is 4.27. The summed E-state index contributed by atoms with van der Waals surface area (Å²) in [6.07, 6.45) is 0. The Morgan fingerprint density at radius 3 is 2.50 bits per heavy atom. The Morgan fingerprint density at radius 1 is 1.12 bits per heavy atom. The van der Waals surface area contributed by atoms with Crippen molar-refractivity contribution in [2.45, 2.75) is 13.5 Å². The SMILES string of the molecule is COc1cccc(C(=O)N2CCN(Cc3ccc(Cl)cc3Cl)CC2)c1C. The number of piperazine rings is 1. The molecule has 0 unspecified atom stereocenters. The summed E-state index contributed by atoms with van der Waals surface area (Å²) in [5, 5.41) is 1.32. The normalized spacial score (nSPS) is 15.2. The molecule has 0 spiro atoms. The number of nitrogens with zero attached hydrogens (tertiary/aromatic N) is 2. The van der Waals surface area contributed by atoms with E-state index >= 15 is 0 Å². The van der Waals surface area contributed by atoms with Crippen molar-refractivity contribution in [1.82, 2.24) is 9.80 Å². The molecule has 3 rings (SSSR count). The Labute approximate surface area is 164 Å². The van der Waals surface area contributed by atoms with Gasteiger partial charge in [0.15, 0.2) is 0 Å². The highest BCUT2D eigenvalue weighted by atomic mass is 35.5. The van der Waals surface area contributed by atoms with Crippen LogP contribution in [0, 0.1) is 6.92 Å². The number of hydrogen-bond donors (Lipinski definition) is 0. The summed E-state index contributed by atoms with van der Waals surface area (Å²) in [5.74, 6) is 0.803. The van der Waals surface area contributed by atoms with Crippen LogP contribution in [-0.4, -0.2) is 49.0 Å². The van der Waals surface area contributed by atoms with Gasteiger partial charge in [0.05, 0.1) is 7.11 Å². The molecule has 2 aromatic carbocycles. The van der Waals surface area contributed by atoms with E-state index in [1.165, 1.54) is 0 Å². The fourth-order valence-corrected chi connectivity index (χ4v) is 3.71. The first-order valence-corrected chi connectivity index (χ1v) is 9.34. The molecule has 1 heterocycles. The van der Waals surface area contributed by atoms with Crippen LogP contribution >= 0.6 is 23.2 Å². The second-order valence-corrected chi connectivity index (χ2v) is 7.28. The van der Waals surface area contributed by atoms with Crippen LogP contribution in [0.1, 0.15) is 21.5 Å². The molecule has 1 aliphatic heterocycles. The molecule has 1 saturated heterocycles. The highest BCUT2D eigenvalue weighted by Crippen LogP contribution is 2.24. The third-order valence-electron chi connectivity index (χ3n) is 4.80. The van der Waals surface area contributed by atoms with Gasteiger partial charge in [-0.05, 0) is 36.8 Å². The molecule has 1 fully saturated rings. The molecule has 0 radical (unpaired) electrons. The fourth-order valence-electron chi connectivity index (χ4n) is 3.24. The van der Waals surface area contributed by atoms with E-state index in [1.807, 2.05) is 42.2 Å². The summed E-state index contributed by atoms with van der Waals surface area (Å²) in [7, 11) is 1.62. The molecule has 0 aliphatic carbocycles. The predicted molar refractivity (Wildman–Crippen MR) is 105 cm³/mol. The summed E-state index contributed by atoms with van der Waals surface area (Å²) in [4.78, 5) is 17.1. The summed E-state index contributed by atoms with van der Waals surface area (Å²) >= 11 is 12.2. The summed E-state index contributed by atoms with van der Waals surface area (Å²) < 4.78 is 5.33. The standard InChI is InChI=1S/C20H22Cl2N2O2/c1-14-17(4-3-5-19(14)26-2)20(25)24-10-8-23(9-11-24)13-15-6-7-16(21)12-18(15)22/h3-7,12H,8-11,13H2,1-2H3. The van der Waals surface area contributed by atoms with E-state index in [-0.39, 0.29) is 5.91 Å². The molecule has 0 aromatic heterocycles. The van der Waals surface area contributed by atoms with Crippen LogP contribution in [0.4, 0.5) is 0 Å². The number of carbonyl (C=O) groups excluding carboxylic acids is 1. The second-order valence-electron chi connectivity index (χ2n) is 6.44. The van der Waals surface area contributed by atoms with Gasteiger partial charge in [-0.2, -0.15) is 0 Å². The Kier molecular flexibility index (Phi) is 6.07. The first-order chi connectivity index (χ1) is 12.5. The Balaban J connectivity index is 1.62. The van der Waals surface area contributed by atoms with E-state index in [9.17, 15) is 4.79 Å². The van der Waals surface area contributed by atoms with Crippen molar-refractivity contribution < 1.29 is 9.53 Å². The van der Waals surface area contributed by atoms with Crippen molar-refractivity contribution in [3.63, 3.8) is 0 Å². The van der Waals surface area contributed by atoms with Crippen molar-refractivity contribution in [3.05, 3.63) is 63.1 Å². The molecule has 2 aromatic rings. The molecule has 26 heavy (non-hydrogen) atoms. The van der Waals surface area contributed by atoms with Crippen LogP contribution in [0.3, 0.4) is 0 Å². The average molecular weight is 393 g/mol. The van der Waals surface area contributed by atoms with Gasteiger partial charge in [-0.1, -0.05) is 35.3 Å². The molecule has 0 bridgehead atoms. The number of ether oxygens (including phenoxy) is 1. The zero-order valence-electron chi connectivity index (χ0n) is 15.0. The monoisotopic (exact) mass is 392 g/mol. The second kappa shape index (κ2) is 8.30. The first kappa shape index (κ1) is 19.0. The highest BCUT2D eigenvalue weighted by molar-refractivity contribution is 6.35. The largest absolute Gasteiger partial charge is 0.496 e. The van der Waals surface area contributed by atoms with Gasteiger partial charge in [0.1, 0.15) is 5.75 Å². The molecule has 1 amide bonds. The minimum atomic E-state index is 0.0607. The number of carbonyl (C=O) groups is 1. The van der Waals surface area contributed by atoms with E-state index in [2.05, 4.69) is 4.90 Å². The van der Waals surface area contributed by atoms with Gasteiger partial charge in [0.2, 0.25) is 0 Å². The average Bonchev–Trinajstić information content (AvgIpc) is 2.64. The van der Waals surface area contributed by atoms with Gasteiger partial charge in [0.25, 0.3) is 5.91 Å². The van der Waals surface area contributed by atoms with E-state index in [1.54, 1.807) is 13.2 Å². The summed E-state index contributed by atoms with van der Waals surface area (Å²) in [5.41, 5.74) is 2.65. The van der Waals surface area contributed by atoms with E-state index in [0.29, 0.717) is 28.7 Å². The van der Waals surface area contributed by atoms with Crippen LogP contribution < -0.4 is 4.74 Å². The van der Waals surface area contributed by atoms with Gasteiger partial charge < -0.3 is 9.64 Å². The van der Waals surface area contributed by atoms with Gasteiger partial charge in [-0.3, -0.25) is 9.69 Å². The number of rotatable bonds is 4. The Hall–Kier alpha value is -1.75. The summed E-state index contributed by atoms with van der Waals surface area (Å²) in [6.45, 7) is 5.70. The lowest BCUT2D eigenvalue weighted by Gasteiger charge is -2.35. The van der Waals surface area contributed by atoms with Crippen molar-refractivity contribution in [2.75, 3.05) is 33.3 Å². The molecule has 0 atom stereocenters. The number of halogens is 2. The van der Waals surface area contributed by atoms with Crippen LogP contribution in [0.2, 0.25) is 10.0 Å². The van der Waals surface area contributed by atoms with Crippen molar-refractivity contribution in [2.24, 2.45) is 0 Å². The Morgan fingerprint density at radius 2 is 1.85 bits per heavy atom. The van der Waals surface area contributed by atoms with E-state index in [4.69, 9.17) is 27.9 Å². The van der Waals surface area contributed by atoms with E-state index < -0.39 is 0 Å². The van der Waals surface area contributed by atoms with E-state index in [0.717, 1.165) is 36.5 Å². The smallest absolute Gasteiger partial charge is 0.254 e. The summed E-state index contributed by atoms with van der Waals surface area (Å²) in [6, 6.07) is 11.2. The number of methoxy groups -OCH3 is 1. The first-order valence-electron chi connectivity index (χ1n) is 8.58. The maximum atomic E-state index is 12.9. The van der Waals surface area contributed by atoms with Gasteiger partial charge in [-0.15, -0.1) is 0 Å². The van der Waals surface area contributed by atoms with Crippen molar-refractivity contribution in [3.8, 4) is 5.75 Å². The molecule has 4 nitrogen and oxygen atoms in total. The molecule has 1 aliphatic rings. The minimum Gasteiger partial charge on any atom is -0.496 e. The number of amides is 1. The lowest BCUT2D eigenvalue weighted by Crippen LogP contribution is -2.48. The number of hydrogen-bond acceptors (Lipinski definition) is 3. The van der Waals surface area contributed by atoms with Gasteiger partial charge >= 0.3 is 0 Å². The van der Waals surface area contributed by atoms with Crippen molar-refractivity contribution >= 4 is 29.1 Å². The molecule has 138 valence electrons. The topological polar surface area (TPSA) is 32.8 Å². The molecular formula is C20H22Cl2N2O2. The quantitative estimate of drug-likeness (QED) is 0.778.